The Morgan fingerprint density at radius 3 is 2.47 bits per heavy atom. The van der Waals surface area contributed by atoms with E-state index in [4.69, 9.17) is 9.72 Å². The van der Waals surface area contributed by atoms with Crippen molar-refractivity contribution in [1.82, 2.24) is 24.8 Å². The minimum atomic E-state index is -4.63. The number of nitrogens with one attached hydrogen (secondary N) is 3. The van der Waals surface area contributed by atoms with Crippen LogP contribution in [0.1, 0.15) is 21.5 Å². The number of nitrogens with zero attached hydrogens (tertiary/aromatic N) is 6. The van der Waals surface area contributed by atoms with Crippen molar-refractivity contribution in [2.45, 2.75) is 13.1 Å². The summed E-state index contributed by atoms with van der Waals surface area (Å²) in [5.41, 5.74) is 1.67. The lowest BCUT2D eigenvalue weighted by Crippen LogP contribution is -2.45. The van der Waals surface area contributed by atoms with E-state index in [0.29, 0.717) is 28.5 Å². The number of aryl methyl sites for hydroxylation is 1. The predicted molar refractivity (Wildman–Crippen MR) is 162 cm³/mol. The van der Waals surface area contributed by atoms with Gasteiger partial charge in [-0.25, -0.2) is 19.9 Å². The second-order valence-corrected chi connectivity index (χ2v) is 10.5. The number of halogens is 3. The molecule has 0 aliphatic carbocycles. The van der Waals surface area contributed by atoms with Crippen molar-refractivity contribution >= 4 is 57.7 Å². The number of rotatable bonds is 8. The molecule has 2 aromatic carbocycles. The SMILES string of the molecule is COc1c(NSC)cc(C(F)(F)F)cc1NC(=O)c1ccc(C)c(Nc2ncnc3cnc(N4CCN(C)CC4)nc23)c1. The summed E-state index contributed by atoms with van der Waals surface area (Å²) >= 11 is 1.10. The predicted octanol–water partition coefficient (Wildman–Crippen LogP) is 5.19. The molecule has 1 fully saturated rings. The summed E-state index contributed by atoms with van der Waals surface area (Å²) < 4.78 is 49.0. The molecule has 0 bridgehead atoms. The first-order valence-electron chi connectivity index (χ1n) is 13.3. The Bertz CT molecular complexity index is 1650. The Kier molecular flexibility index (Phi) is 8.73. The number of carbonyl (C=O) groups excluding carboxylic acids is 1. The van der Waals surface area contributed by atoms with Crippen LogP contribution in [0.25, 0.3) is 11.0 Å². The lowest BCUT2D eigenvalue weighted by atomic mass is 10.1. The zero-order valence-electron chi connectivity index (χ0n) is 23.9. The summed E-state index contributed by atoms with van der Waals surface area (Å²) in [6, 6.07) is 6.70. The number of piperazine rings is 1. The molecule has 43 heavy (non-hydrogen) atoms. The average Bonchev–Trinajstić information content (AvgIpc) is 2.98. The summed E-state index contributed by atoms with van der Waals surface area (Å²) in [6.07, 6.45) is 0.0896. The van der Waals surface area contributed by atoms with E-state index in [9.17, 15) is 18.0 Å². The maximum Gasteiger partial charge on any atom is 0.416 e. The van der Waals surface area contributed by atoms with Crippen LogP contribution in [0.3, 0.4) is 0 Å². The monoisotopic (exact) mass is 613 g/mol. The lowest BCUT2D eigenvalue weighted by molar-refractivity contribution is -0.137. The number of benzene rings is 2. The molecule has 3 N–H and O–H groups in total. The molecule has 1 aliphatic heterocycles. The van der Waals surface area contributed by atoms with E-state index < -0.39 is 17.6 Å². The smallest absolute Gasteiger partial charge is 0.416 e. The Morgan fingerprint density at radius 2 is 1.77 bits per heavy atom. The molecule has 0 radical (unpaired) electrons. The number of aromatic nitrogens is 4. The number of fused-ring (bicyclic) bond motifs is 1. The highest BCUT2D eigenvalue weighted by molar-refractivity contribution is 7.99. The van der Waals surface area contributed by atoms with Crippen LogP contribution in [0.5, 0.6) is 5.75 Å². The van der Waals surface area contributed by atoms with Gasteiger partial charge in [0, 0.05) is 43.7 Å². The van der Waals surface area contributed by atoms with Crippen LogP contribution >= 0.6 is 11.9 Å². The molecule has 0 spiro atoms. The molecule has 0 saturated carbocycles. The number of amides is 1. The first-order valence-corrected chi connectivity index (χ1v) is 14.5. The van der Waals surface area contributed by atoms with Gasteiger partial charge in [0.15, 0.2) is 11.6 Å². The molecule has 11 nitrogen and oxygen atoms in total. The fourth-order valence-electron chi connectivity index (χ4n) is 4.61. The number of methoxy groups -OCH3 is 1. The van der Waals surface area contributed by atoms with Gasteiger partial charge in [-0.1, -0.05) is 18.0 Å². The minimum Gasteiger partial charge on any atom is -0.492 e. The molecule has 0 atom stereocenters. The number of carbonyl (C=O) groups is 1. The largest absolute Gasteiger partial charge is 0.492 e. The molecule has 4 aromatic rings. The molecular formula is C28H30F3N9O2S. The maximum atomic E-state index is 13.6. The number of likely N-dealkylation sites (N-methyl/N-ethyl adjacent to an activating group) is 1. The molecule has 1 saturated heterocycles. The standard InChI is InChI=1S/C28H30F3N9O2S/c1-16-5-6-17(26(41)36-20-12-18(28(29,30)31)13-21(38-43-4)24(20)42-3)11-19(16)35-25-23-22(33-15-34-25)14-32-27(37-23)40-9-7-39(2)8-10-40/h5-6,11-15,38H,7-10H2,1-4H3,(H,36,41)(H,33,34,35). The van der Waals surface area contributed by atoms with Crippen molar-refractivity contribution < 1.29 is 22.7 Å². The average molecular weight is 614 g/mol. The Balaban J connectivity index is 1.44. The summed E-state index contributed by atoms with van der Waals surface area (Å²) in [5.74, 6) is 0.455. The number of hydrogen-bond acceptors (Lipinski definition) is 11. The van der Waals surface area contributed by atoms with E-state index >= 15 is 0 Å². The highest BCUT2D eigenvalue weighted by Gasteiger charge is 2.33. The highest BCUT2D eigenvalue weighted by Crippen LogP contribution is 2.41. The van der Waals surface area contributed by atoms with Crippen LogP contribution in [-0.4, -0.2) is 77.3 Å². The van der Waals surface area contributed by atoms with Gasteiger partial charge >= 0.3 is 6.18 Å². The van der Waals surface area contributed by atoms with Crippen molar-refractivity contribution in [1.29, 1.82) is 0 Å². The molecule has 5 rings (SSSR count). The molecular weight excluding hydrogens is 583 g/mol. The van der Waals surface area contributed by atoms with Gasteiger partial charge in [0.25, 0.3) is 5.91 Å². The zero-order valence-corrected chi connectivity index (χ0v) is 24.7. The van der Waals surface area contributed by atoms with Gasteiger partial charge in [0.2, 0.25) is 5.95 Å². The van der Waals surface area contributed by atoms with E-state index in [2.05, 4.69) is 47.2 Å². The molecule has 3 heterocycles. The van der Waals surface area contributed by atoms with E-state index in [0.717, 1.165) is 55.8 Å². The Hall–Kier alpha value is -4.37. The van der Waals surface area contributed by atoms with Crippen LogP contribution < -0.4 is 25.0 Å². The Morgan fingerprint density at radius 1 is 1.02 bits per heavy atom. The van der Waals surface area contributed by atoms with Gasteiger partial charge < -0.3 is 29.9 Å². The van der Waals surface area contributed by atoms with Crippen molar-refractivity contribution in [2.75, 3.05) is 66.8 Å². The third-order valence-corrected chi connectivity index (χ3v) is 7.41. The van der Waals surface area contributed by atoms with Crippen LogP contribution in [-0.2, 0) is 6.18 Å². The van der Waals surface area contributed by atoms with E-state index in [1.165, 1.54) is 13.4 Å². The molecule has 226 valence electrons. The molecule has 2 aromatic heterocycles. The first-order chi connectivity index (χ1) is 20.6. The van der Waals surface area contributed by atoms with Crippen LogP contribution in [0, 0.1) is 6.92 Å². The number of alkyl halides is 3. The van der Waals surface area contributed by atoms with Crippen molar-refractivity contribution in [3.05, 3.63) is 59.5 Å². The van der Waals surface area contributed by atoms with Crippen LogP contribution in [0.15, 0.2) is 42.9 Å². The van der Waals surface area contributed by atoms with Gasteiger partial charge in [-0.3, -0.25) is 4.79 Å². The quantitative estimate of drug-likeness (QED) is 0.228. The van der Waals surface area contributed by atoms with Crippen molar-refractivity contribution in [3.8, 4) is 5.75 Å². The van der Waals surface area contributed by atoms with Crippen molar-refractivity contribution in [2.24, 2.45) is 0 Å². The molecule has 1 aliphatic rings. The number of anilines is 5. The van der Waals surface area contributed by atoms with Gasteiger partial charge in [0.05, 0.1) is 30.2 Å². The normalized spacial score (nSPS) is 14.1. The Labute approximate surface area is 250 Å². The zero-order chi connectivity index (χ0) is 30.7. The third-order valence-electron chi connectivity index (χ3n) is 6.98. The fourth-order valence-corrected chi connectivity index (χ4v) is 4.98. The minimum absolute atomic E-state index is 0.0736. The van der Waals surface area contributed by atoms with Gasteiger partial charge in [-0.2, -0.15) is 13.2 Å². The van der Waals surface area contributed by atoms with Gasteiger partial charge in [0.1, 0.15) is 17.4 Å². The summed E-state index contributed by atoms with van der Waals surface area (Å²) in [4.78, 5) is 35.6. The summed E-state index contributed by atoms with van der Waals surface area (Å²) in [6.45, 7) is 5.23. The fraction of sp³-hybridized carbons (Fsp3) is 0.321. The second-order valence-electron chi connectivity index (χ2n) is 9.93. The van der Waals surface area contributed by atoms with Crippen LogP contribution in [0.2, 0.25) is 0 Å². The molecule has 0 unspecified atom stereocenters. The van der Waals surface area contributed by atoms with E-state index in [1.54, 1.807) is 30.7 Å². The summed E-state index contributed by atoms with van der Waals surface area (Å²) in [7, 11) is 3.39. The second kappa shape index (κ2) is 12.5. The number of ether oxygens (including phenoxy) is 1. The topological polar surface area (TPSA) is 120 Å². The highest BCUT2D eigenvalue weighted by atomic mass is 32.2. The maximum absolute atomic E-state index is 13.6. The summed E-state index contributed by atoms with van der Waals surface area (Å²) in [5, 5.41) is 5.83. The van der Waals surface area contributed by atoms with E-state index in [1.807, 2.05) is 6.92 Å². The van der Waals surface area contributed by atoms with Crippen LogP contribution in [0.4, 0.5) is 42.0 Å². The van der Waals surface area contributed by atoms with Crippen molar-refractivity contribution in [3.63, 3.8) is 0 Å². The van der Waals surface area contributed by atoms with Gasteiger partial charge in [-0.15, -0.1) is 0 Å². The number of hydrogen-bond donors (Lipinski definition) is 3. The lowest BCUT2D eigenvalue weighted by Gasteiger charge is -2.32. The molecule has 1 amide bonds. The third kappa shape index (κ3) is 6.67. The van der Waals surface area contributed by atoms with E-state index in [-0.39, 0.29) is 22.7 Å². The first kappa shape index (κ1) is 30.1. The van der Waals surface area contributed by atoms with Gasteiger partial charge in [-0.05, 0) is 43.8 Å². The molecule has 15 heteroatoms.